The Labute approximate surface area is 108 Å². The van der Waals surface area contributed by atoms with Gasteiger partial charge in [0.2, 0.25) is 0 Å². The van der Waals surface area contributed by atoms with Crippen LogP contribution >= 0.6 is 11.3 Å². The molecule has 1 atom stereocenters. The molecule has 3 rings (SSSR count). The number of hydrogen-bond donors (Lipinski definition) is 2. The van der Waals surface area contributed by atoms with E-state index in [0.29, 0.717) is 0 Å². The molecule has 2 heterocycles. The average Bonchev–Trinajstić information content (AvgIpc) is 3.05. The fourth-order valence-electron chi connectivity index (χ4n) is 1.99. The molecule has 92 valence electrons. The summed E-state index contributed by atoms with van der Waals surface area (Å²) in [5.74, 6) is 0. The highest BCUT2D eigenvalue weighted by Crippen LogP contribution is 2.25. The molecule has 0 aliphatic rings. The van der Waals surface area contributed by atoms with E-state index < -0.39 is 6.04 Å². The molecule has 0 aliphatic carbocycles. The van der Waals surface area contributed by atoms with Crippen molar-refractivity contribution in [2.45, 2.75) is 6.04 Å². The summed E-state index contributed by atoms with van der Waals surface area (Å²) in [6, 6.07) is 7.90. The Bertz CT molecular complexity index is 673. The zero-order chi connectivity index (χ0) is 12.5. The van der Waals surface area contributed by atoms with Crippen molar-refractivity contribution in [2.75, 3.05) is 6.61 Å². The van der Waals surface area contributed by atoms with Crippen LogP contribution in [0.4, 0.5) is 0 Å². The molecule has 18 heavy (non-hydrogen) atoms. The number of benzene rings is 1. The van der Waals surface area contributed by atoms with Crippen molar-refractivity contribution in [1.82, 2.24) is 9.55 Å². The van der Waals surface area contributed by atoms with E-state index in [2.05, 4.69) is 28.6 Å². The molecule has 3 aromatic rings. The van der Waals surface area contributed by atoms with Crippen LogP contribution in [0.5, 0.6) is 0 Å². The molecule has 0 saturated carbocycles. The maximum atomic E-state index is 9.15. The van der Waals surface area contributed by atoms with Gasteiger partial charge in [0.25, 0.3) is 0 Å². The van der Waals surface area contributed by atoms with Crippen LogP contribution in [-0.4, -0.2) is 21.3 Å². The largest absolute Gasteiger partial charge is 0.394 e. The maximum absolute atomic E-state index is 9.15. The maximum Gasteiger partial charge on any atom is 0.0994 e. The van der Waals surface area contributed by atoms with Crippen LogP contribution in [0.2, 0.25) is 0 Å². The minimum absolute atomic E-state index is 0.0909. The third-order valence-electron chi connectivity index (χ3n) is 2.96. The second-order valence-electron chi connectivity index (χ2n) is 4.12. The SMILES string of the molecule is NC(CO)c1cncn1-c1ccc2sccc2c1. The molecular weight excluding hydrogens is 246 g/mol. The van der Waals surface area contributed by atoms with Crippen molar-refractivity contribution in [2.24, 2.45) is 5.73 Å². The number of aliphatic hydroxyl groups excluding tert-OH is 1. The van der Waals surface area contributed by atoms with Gasteiger partial charge in [-0.1, -0.05) is 0 Å². The monoisotopic (exact) mass is 259 g/mol. The minimum atomic E-state index is -0.411. The smallest absolute Gasteiger partial charge is 0.0994 e. The highest BCUT2D eigenvalue weighted by Gasteiger charge is 2.11. The number of fused-ring (bicyclic) bond motifs is 1. The van der Waals surface area contributed by atoms with E-state index in [4.69, 9.17) is 10.8 Å². The molecule has 0 bridgehead atoms. The number of rotatable bonds is 3. The fourth-order valence-corrected chi connectivity index (χ4v) is 2.76. The van der Waals surface area contributed by atoms with Gasteiger partial charge in [-0.3, -0.25) is 0 Å². The Balaban J connectivity index is 2.11. The van der Waals surface area contributed by atoms with Crippen LogP contribution in [0.25, 0.3) is 15.8 Å². The molecule has 3 N–H and O–H groups in total. The van der Waals surface area contributed by atoms with Gasteiger partial charge >= 0.3 is 0 Å². The van der Waals surface area contributed by atoms with E-state index in [9.17, 15) is 0 Å². The van der Waals surface area contributed by atoms with E-state index in [1.807, 2.05) is 10.6 Å². The Morgan fingerprint density at radius 3 is 3.11 bits per heavy atom. The van der Waals surface area contributed by atoms with Gasteiger partial charge in [0.05, 0.1) is 30.9 Å². The molecule has 0 amide bonds. The Morgan fingerprint density at radius 2 is 2.28 bits per heavy atom. The molecule has 1 aromatic carbocycles. The van der Waals surface area contributed by atoms with Gasteiger partial charge in [0.1, 0.15) is 0 Å². The van der Waals surface area contributed by atoms with E-state index >= 15 is 0 Å². The van der Waals surface area contributed by atoms with Crippen LogP contribution < -0.4 is 5.73 Å². The van der Waals surface area contributed by atoms with Gasteiger partial charge in [0.15, 0.2) is 0 Å². The lowest BCUT2D eigenvalue weighted by Gasteiger charge is -2.12. The third-order valence-corrected chi connectivity index (χ3v) is 3.86. The quantitative estimate of drug-likeness (QED) is 0.757. The van der Waals surface area contributed by atoms with Crippen LogP contribution in [-0.2, 0) is 0 Å². The van der Waals surface area contributed by atoms with Crippen molar-refractivity contribution in [3.63, 3.8) is 0 Å². The number of imidazole rings is 1. The number of aromatic nitrogens is 2. The normalized spacial score (nSPS) is 13.0. The van der Waals surface area contributed by atoms with E-state index in [0.717, 1.165) is 11.4 Å². The standard InChI is InChI=1S/C13H13N3OS/c14-11(7-17)12-6-15-8-16(12)10-1-2-13-9(5-10)3-4-18-13/h1-6,8,11,17H,7,14H2. The molecule has 0 saturated heterocycles. The summed E-state index contributed by atoms with van der Waals surface area (Å²) in [4.78, 5) is 4.11. The molecule has 0 fully saturated rings. The average molecular weight is 259 g/mol. The van der Waals surface area contributed by atoms with Gasteiger partial charge in [-0.25, -0.2) is 4.98 Å². The molecule has 4 nitrogen and oxygen atoms in total. The number of hydrogen-bond acceptors (Lipinski definition) is 4. The van der Waals surface area contributed by atoms with Crippen molar-refractivity contribution in [3.05, 3.63) is 47.9 Å². The van der Waals surface area contributed by atoms with Crippen molar-refractivity contribution in [3.8, 4) is 5.69 Å². The second kappa shape index (κ2) is 4.53. The zero-order valence-electron chi connectivity index (χ0n) is 9.65. The molecule has 1 unspecified atom stereocenters. The first-order valence-corrected chi connectivity index (χ1v) is 6.54. The van der Waals surface area contributed by atoms with Crippen LogP contribution in [0, 0.1) is 0 Å². The van der Waals surface area contributed by atoms with E-state index in [1.165, 1.54) is 10.1 Å². The highest BCUT2D eigenvalue weighted by molar-refractivity contribution is 7.17. The zero-order valence-corrected chi connectivity index (χ0v) is 10.5. The first-order valence-electron chi connectivity index (χ1n) is 5.66. The van der Waals surface area contributed by atoms with Gasteiger partial charge < -0.3 is 15.4 Å². The minimum Gasteiger partial charge on any atom is -0.394 e. The van der Waals surface area contributed by atoms with E-state index in [1.54, 1.807) is 23.9 Å². The number of nitrogens with two attached hydrogens (primary N) is 1. The summed E-state index contributed by atoms with van der Waals surface area (Å²) >= 11 is 1.72. The lowest BCUT2D eigenvalue weighted by molar-refractivity contribution is 0.265. The van der Waals surface area contributed by atoms with Gasteiger partial charge in [0, 0.05) is 10.4 Å². The topological polar surface area (TPSA) is 64.1 Å². The Kier molecular flexibility index (Phi) is 2.87. The first-order chi connectivity index (χ1) is 8.79. The lowest BCUT2D eigenvalue weighted by Crippen LogP contribution is -2.17. The number of thiophene rings is 1. The summed E-state index contributed by atoms with van der Waals surface area (Å²) in [7, 11) is 0. The summed E-state index contributed by atoms with van der Waals surface area (Å²) in [6.45, 7) is -0.0909. The van der Waals surface area contributed by atoms with E-state index in [-0.39, 0.29) is 6.61 Å². The Morgan fingerprint density at radius 1 is 1.39 bits per heavy atom. The predicted octanol–water partition coefficient (Wildman–Crippen LogP) is 2.08. The van der Waals surface area contributed by atoms with Crippen molar-refractivity contribution >= 4 is 21.4 Å². The summed E-state index contributed by atoms with van der Waals surface area (Å²) in [6.07, 6.45) is 3.41. The number of aliphatic hydroxyl groups is 1. The fraction of sp³-hybridized carbons (Fsp3) is 0.154. The summed E-state index contributed by atoms with van der Waals surface area (Å²) in [5.41, 5.74) is 7.68. The molecule has 2 aromatic heterocycles. The van der Waals surface area contributed by atoms with Gasteiger partial charge in [-0.15, -0.1) is 11.3 Å². The third kappa shape index (κ3) is 1.82. The first kappa shape index (κ1) is 11.4. The molecule has 5 heteroatoms. The molecule has 0 radical (unpaired) electrons. The van der Waals surface area contributed by atoms with Crippen LogP contribution in [0.15, 0.2) is 42.2 Å². The molecule has 0 spiro atoms. The van der Waals surface area contributed by atoms with Crippen molar-refractivity contribution in [1.29, 1.82) is 0 Å². The second-order valence-corrected chi connectivity index (χ2v) is 5.07. The molecule has 0 aliphatic heterocycles. The summed E-state index contributed by atoms with van der Waals surface area (Å²) < 4.78 is 3.17. The van der Waals surface area contributed by atoms with Crippen LogP contribution in [0.1, 0.15) is 11.7 Å². The highest BCUT2D eigenvalue weighted by atomic mass is 32.1. The molecular formula is C13H13N3OS. The van der Waals surface area contributed by atoms with Crippen molar-refractivity contribution < 1.29 is 5.11 Å². The van der Waals surface area contributed by atoms with Crippen LogP contribution in [0.3, 0.4) is 0 Å². The predicted molar refractivity (Wildman–Crippen MR) is 73.0 cm³/mol. The van der Waals surface area contributed by atoms with Gasteiger partial charge in [-0.05, 0) is 35.0 Å². The van der Waals surface area contributed by atoms with Gasteiger partial charge in [-0.2, -0.15) is 0 Å². The summed E-state index contributed by atoms with van der Waals surface area (Å²) in [5, 5.41) is 12.4. The number of nitrogens with zero attached hydrogens (tertiary/aromatic N) is 2. The lowest BCUT2D eigenvalue weighted by atomic mass is 10.2. The Hall–Kier alpha value is -1.69.